The van der Waals surface area contributed by atoms with Crippen molar-refractivity contribution in [2.45, 2.75) is 20.0 Å². The number of thiazole rings is 1. The number of hydrogen-bond acceptors (Lipinski definition) is 5. The van der Waals surface area contributed by atoms with Crippen molar-refractivity contribution in [3.63, 3.8) is 0 Å². The van der Waals surface area contributed by atoms with Gasteiger partial charge in [0.1, 0.15) is 10.8 Å². The Morgan fingerprint density at radius 1 is 1.32 bits per heavy atom. The Morgan fingerprint density at radius 3 is 3.00 bits per heavy atom. The number of anilines is 1. The molecule has 1 aliphatic heterocycles. The van der Waals surface area contributed by atoms with Crippen molar-refractivity contribution in [3.8, 4) is 0 Å². The molecule has 0 aliphatic carbocycles. The minimum atomic E-state index is 0.929. The van der Waals surface area contributed by atoms with Crippen molar-refractivity contribution in [1.82, 2.24) is 14.9 Å². The molecule has 0 atom stereocenters. The van der Waals surface area contributed by atoms with Crippen LogP contribution >= 0.6 is 11.3 Å². The first-order valence-corrected chi connectivity index (χ1v) is 7.39. The van der Waals surface area contributed by atoms with Gasteiger partial charge in [-0.3, -0.25) is 4.90 Å². The Kier molecular flexibility index (Phi) is 3.48. The van der Waals surface area contributed by atoms with Gasteiger partial charge in [0.05, 0.1) is 6.54 Å². The van der Waals surface area contributed by atoms with E-state index in [2.05, 4.69) is 38.9 Å². The van der Waals surface area contributed by atoms with Gasteiger partial charge in [0, 0.05) is 49.5 Å². The molecule has 0 saturated heterocycles. The summed E-state index contributed by atoms with van der Waals surface area (Å²) in [6, 6.07) is 4.30. The number of pyridine rings is 1. The van der Waals surface area contributed by atoms with E-state index in [1.807, 2.05) is 18.5 Å². The van der Waals surface area contributed by atoms with E-state index in [-0.39, 0.29) is 0 Å². The zero-order chi connectivity index (χ0) is 13.2. The summed E-state index contributed by atoms with van der Waals surface area (Å²) >= 11 is 1.73. The lowest BCUT2D eigenvalue weighted by Crippen LogP contribution is -2.29. The van der Waals surface area contributed by atoms with E-state index in [0.717, 1.165) is 37.7 Å². The van der Waals surface area contributed by atoms with Crippen molar-refractivity contribution < 1.29 is 0 Å². The molecule has 0 saturated carbocycles. The quantitative estimate of drug-likeness (QED) is 0.841. The van der Waals surface area contributed by atoms with Crippen LogP contribution in [0.15, 0.2) is 23.7 Å². The van der Waals surface area contributed by atoms with Gasteiger partial charge in [0.15, 0.2) is 0 Å². The fourth-order valence-electron chi connectivity index (χ4n) is 2.40. The van der Waals surface area contributed by atoms with Crippen LogP contribution in [0.5, 0.6) is 0 Å². The van der Waals surface area contributed by atoms with Crippen LogP contribution in [0.25, 0.3) is 0 Å². The van der Waals surface area contributed by atoms with E-state index in [4.69, 9.17) is 0 Å². The molecule has 3 heterocycles. The zero-order valence-corrected chi connectivity index (χ0v) is 12.2. The average molecular weight is 274 g/mol. The van der Waals surface area contributed by atoms with Crippen molar-refractivity contribution >= 4 is 17.2 Å². The minimum Gasteiger partial charge on any atom is -0.358 e. The highest BCUT2D eigenvalue weighted by molar-refractivity contribution is 7.09. The van der Waals surface area contributed by atoms with E-state index >= 15 is 0 Å². The molecule has 100 valence electrons. The van der Waals surface area contributed by atoms with Crippen LogP contribution in [0.1, 0.15) is 16.3 Å². The molecular formula is C14H18N4S. The summed E-state index contributed by atoms with van der Waals surface area (Å²) in [5, 5.41) is 3.23. The highest BCUT2D eigenvalue weighted by Crippen LogP contribution is 2.23. The van der Waals surface area contributed by atoms with Gasteiger partial charge in [-0.2, -0.15) is 0 Å². The van der Waals surface area contributed by atoms with Crippen LogP contribution in [-0.2, 0) is 13.1 Å². The maximum atomic E-state index is 4.67. The molecule has 0 spiro atoms. The van der Waals surface area contributed by atoms with Crippen LogP contribution in [-0.4, -0.2) is 35.0 Å². The first-order valence-electron chi connectivity index (χ1n) is 6.51. The van der Waals surface area contributed by atoms with Crippen molar-refractivity contribution in [2.75, 3.05) is 25.0 Å². The van der Waals surface area contributed by atoms with E-state index in [9.17, 15) is 0 Å². The summed E-state index contributed by atoms with van der Waals surface area (Å²) in [5.41, 5.74) is 2.39. The predicted octanol–water partition coefficient (Wildman–Crippen LogP) is 2.30. The van der Waals surface area contributed by atoms with Gasteiger partial charge in [0.25, 0.3) is 0 Å². The molecule has 0 N–H and O–H groups in total. The number of aryl methyl sites for hydroxylation is 1. The van der Waals surface area contributed by atoms with Crippen molar-refractivity contribution in [3.05, 3.63) is 40.0 Å². The molecule has 0 amide bonds. The van der Waals surface area contributed by atoms with Gasteiger partial charge >= 0.3 is 0 Å². The summed E-state index contributed by atoms with van der Waals surface area (Å²) in [6.45, 7) is 5.98. The second-order valence-corrected chi connectivity index (χ2v) is 5.97. The van der Waals surface area contributed by atoms with Crippen molar-refractivity contribution in [1.29, 1.82) is 0 Å². The number of fused-ring (bicyclic) bond motifs is 1. The number of rotatable bonds is 2. The molecule has 3 rings (SSSR count). The predicted molar refractivity (Wildman–Crippen MR) is 78.5 cm³/mol. The van der Waals surface area contributed by atoms with Crippen LogP contribution in [0.2, 0.25) is 0 Å². The van der Waals surface area contributed by atoms with E-state index in [0.29, 0.717) is 0 Å². The Morgan fingerprint density at radius 2 is 2.21 bits per heavy atom. The largest absolute Gasteiger partial charge is 0.358 e. The summed E-state index contributed by atoms with van der Waals surface area (Å²) in [6.07, 6.45) is 1.88. The number of hydrogen-bond donors (Lipinski definition) is 0. The summed E-state index contributed by atoms with van der Waals surface area (Å²) in [7, 11) is 2.12. The Bertz CT molecular complexity index is 553. The van der Waals surface area contributed by atoms with E-state index < -0.39 is 0 Å². The minimum absolute atomic E-state index is 0.929. The molecule has 19 heavy (non-hydrogen) atoms. The highest BCUT2D eigenvalue weighted by atomic mass is 32.1. The molecule has 2 aromatic heterocycles. The maximum Gasteiger partial charge on any atom is 0.133 e. The molecule has 0 fully saturated rings. The first kappa shape index (κ1) is 12.6. The molecule has 0 aromatic carbocycles. The Hall–Kier alpha value is -1.46. The van der Waals surface area contributed by atoms with E-state index in [1.165, 1.54) is 10.6 Å². The molecular weight excluding hydrogens is 256 g/mol. The van der Waals surface area contributed by atoms with Gasteiger partial charge in [-0.05, 0) is 13.0 Å². The lowest BCUT2D eigenvalue weighted by Gasteiger charge is -2.19. The third-order valence-corrected chi connectivity index (χ3v) is 4.21. The second kappa shape index (κ2) is 5.27. The molecule has 5 heteroatoms. The lowest BCUT2D eigenvalue weighted by atomic mass is 10.2. The average Bonchev–Trinajstić information content (AvgIpc) is 2.85. The van der Waals surface area contributed by atoms with Gasteiger partial charge in [0.2, 0.25) is 0 Å². The van der Waals surface area contributed by atoms with Crippen LogP contribution < -0.4 is 4.90 Å². The lowest BCUT2D eigenvalue weighted by molar-refractivity contribution is 0.269. The van der Waals surface area contributed by atoms with Gasteiger partial charge in [-0.1, -0.05) is 6.07 Å². The molecule has 0 unspecified atom stereocenters. The highest BCUT2D eigenvalue weighted by Gasteiger charge is 2.19. The van der Waals surface area contributed by atoms with Crippen LogP contribution in [0.3, 0.4) is 0 Å². The smallest absolute Gasteiger partial charge is 0.133 e. The SMILES string of the molecule is Cc1ccc2c(n1)N(C)CCN(Cc1nccs1)C2. The number of aromatic nitrogens is 2. The van der Waals surface area contributed by atoms with Crippen LogP contribution in [0, 0.1) is 6.92 Å². The molecule has 1 aliphatic rings. The normalized spacial score (nSPS) is 16.2. The Balaban J connectivity index is 1.83. The van der Waals surface area contributed by atoms with Gasteiger partial charge < -0.3 is 4.90 Å². The fourth-order valence-corrected chi connectivity index (χ4v) is 3.06. The monoisotopic (exact) mass is 274 g/mol. The summed E-state index contributed by atoms with van der Waals surface area (Å²) in [4.78, 5) is 13.7. The first-order chi connectivity index (χ1) is 9.22. The molecule has 0 radical (unpaired) electrons. The van der Waals surface area contributed by atoms with Crippen LogP contribution in [0.4, 0.5) is 5.82 Å². The van der Waals surface area contributed by atoms with Crippen molar-refractivity contribution in [2.24, 2.45) is 0 Å². The fraction of sp³-hybridized carbons (Fsp3) is 0.429. The third-order valence-electron chi connectivity index (χ3n) is 3.44. The Labute approximate surface area is 117 Å². The molecule has 0 bridgehead atoms. The summed E-state index contributed by atoms with van der Waals surface area (Å²) < 4.78 is 0. The maximum absolute atomic E-state index is 4.67. The second-order valence-electron chi connectivity index (χ2n) is 4.99. The zero-order valence-electron chi connectivity index (χ0n) is 11.3. The van der Waals surface area contributed by atoms with E-state index in [1.54, 1.807) is 11.3 Å². The van der Waals surface area contributed by atoms with Gasteiger partial charge in [-0.25, -0.2) is 9.97 Å². The summed E-state index contributed by atoms with van der Waals surface area (Å²) in [5.74, 6) is 1.13. The van der Waals surface area contributed by atoms with Gasteiger partial charge in [-0.15, -0.1) is 11.3 Å². The molecule has 4 nitrogen and oxygen atoms in total. The number of likely N-dealkylation sites (N-methyl/N-ethyl adjacent to an activating group) is 1. The number of nitrogens with zero attached hydrogens (tertiary/aromatic N) is 4. The third kappa shape index (κ3) is 2.77. The molecule has 2 aromatic rings. The topological polar surface area (TPSA) is 32.3 Å². The standard InChI is InChI=1S/C14H18N4S/c1-11-3-4-12-9-18(10-13-15-5-8-19-13)7-6-17(2)14(12)16-11/h3-5,8H,6-7,9-10H2,1-2H3.